The van der Waals surface area contributed by atoms with Gasteiger partial charge in [-0.3, -0.25) is 9.59 Å². The van der Waals surface area contributed by atoms with Crippen molar-refractivity contribution in [3.63, 3.8) is 0 Å². The Morgan fingerprint density at radius 2 is 1.59 bits per heavy atom. The van der Waals surface area contributed by atoms with E-state index < -0.39 is 0 Å². The summed E-state index contributed by atoms with van der Waals surface area (Å²) in [5.74, 6) is -0.0406. The van der Waals surface area contributed by atoms with Crippen LogP contribution in [0.5, 0.6) is 0 Å². The predicted molar refractivity (Wildman–Crippen MR) is 135 cm³/mol. The maximum Gasteiger partial charge on any atom is 0.289 e. The highest BCUT2D eigenvalue weighted by Crippen LogP contribution is 2.25. The van der Waals surface area contributed by atoms with E-state index in [1.807, 2.05) is 53.4 Å². The zero-order valence-electron chi connectivity index (χ0n) is 18.1. The van der Waals surface area contributed by atoms with Crippen molar-refractivity contribution < 1.29 is 14.0 Å². The van der Waals surface area contributed by atoms with Gasteiger partial charge in [0, 0.05) is 48.0 Å². The average Bonchev–Trinajstić information content (AvgIpc) is 3.30. The number of carbonyl (C=O) groups is 2. The monoisotopic (exact) mass is 493 g/mol. The van der Waals surface area contributed by atoms with Crippen LogP contribution in [0.3, 0.4) is 0 Å². The number of amides is 2. The van der Waals surface area contributed by atoms with Gasteiger partial charge in [-0.05, 0) is 54.6 Å². The van der Waals surface area contributed by atoms with Crippen molar-refractivity contribution in [2.75, 3.05) is 36.4 Å². The molecule has 1 fully saturated rings. The van der Waals surface area contributed by atoms with Gasteiger partial charge in [-0.25, -0.2) is 0 Å². The zero-order valence-corrected chi connectivity index (χ0v) is 19.6. The van der Waals surface area contributed by atoms with E-state index in [4.69, 9.17) is 27.6 Å². The number of furan rings is 1. The van der Waals surface area contributed by atoms with Crippen LogP contribution in [0.1, 0.15) is 20.9 Å². The molecule has 1 aromatic heterocycles. The van der Waals surface area contributed by atoms with E-state index in [1.54, 1.807) is 24.3 Å². The maximum absolute atomic E-state index is 12.9. The van der Waals surface area contributed by atoms with Crippen molar-refractivity contribution in [3.05, 3.63) is 94.2 Å². The van der Waals surface area contributed by atoms with Crippen LogP contribution in [0.25, 0.3) is 11.0 Å². The number of anilines is 2. The fourth-order valence-corrected chi connectivity index (χ4v) is 4.41. The third-order valence-electron chi connectivity index (χ3n) is 5.87. The van der Waals surface area contributed by atoms with Crippen molar-refractivity contribution in [1.82, 2.24) is 4.90 Å². The molecule has 1 saturated heterocycles. The number of halogens is 2. The molecule has 0 bridgehead atoms. The summed E-state index contributed by atoms with van der Waals surface area (Å²) in [6.07, 6.45) is 0. The van der Waals surface area contributed by atoms with Gasteiger partial charge in [-0.1, -0.05) is 41.4 Å². The first-order valence-corrected chi connectivity index (χ1v) is 11.6. The molecule has 1 N–H and O–H groups in total. The summed E-state index contributed by atoms with van der Waals surface area (Å²) in [6.45, 7) is 2.61. The summed E-state index contributed by atoms with van der Waals surface area (Å²) >= 11 is 12.1. The first-order valence-electron chi connectivity index (χ1n) is 10.9. The molecule has 4 aromatic rings. The Kier molecular flexibility index (Phi) is 6.18. The number of carbonyl (C=O) groups excluding carboxylic acids is 2. The van der Waals surface area contributed by atoms with Crippen molar-refractivity contribution in [3.8, 4) is 0 Å². The first-order chi connectivity index (χ1) is 16.5. The van der Waals surface area contributed by atoms with Crippen LogP contribution in [-0.2, 0) is 0 Å². The molecule has 0 spiro atoms. The Labute approximate surface area is 206 Å². The lowest BCUT2D eigenvalue weighted by Gasteiger charge is -2.35. The molecule has 2 amide bonds. The largest absolute Gasteiger partial charge is 0.451 e. The Bertz CT molecular complexity index is 1330. The smallest absolute Gasteiger partial charge is 0.289 e. The summed E-state index contributed by atoms with van der Waals surface area (Å²) in [5, 5.41) is 4.56. The minimum absolute atomic E-state index is 0.0893. The van der Waals surface area contributed by atoms with Gasteiger partial charge in [0.2, 0.25) is 0 Å². The number of hydrogen-bond donors (Lipinski definition) is 1. The first kappa shape index (κ1) is 22.3. The van der Waals surface area contributed by atoms with Gasteiger partial charge in [0.1, 0.15) is 5.58 Å². The molecule has 3 aromatic carbocycles. The highest BCUT2D eigenvalue weighted by molar-refractivity contribution is 6.36. The van der Waals surface area contributed by atoms with Gasteiger partial charge >= 0.3 is 0 Å². The fourth-order valence-electron chi connectivity index (χ4n) is 4.04. The fraction of sp³-hybridized carbons (Fsp3) is 0.154. The van der Waals surface area contributed by atoms with Gasteiger partial charge in [0.25, 0.3) is 11.8 Å². The second-order valence-corrected chi connectivity index (χ2v) is 8.90. The van der Waals surface area contributed by atoms with Crippen LogP contribution < -0.4 is 10.2 Å². The van der Waals surface area contributed by atoms with Gasteiger partial charge in [0.15, 0.2) is 5.76 Å². The number of rotatable bonds is 4. The number of piperazine rings is 1. The summed E-state index contributed by atoms with van der Waals surface area (Å²) in [4.78, 5) is 29.4. The van der Waals surface area contributed by atoms with E-state index in [-0.39, 0.29) is 11.8 Å². The average molecular weight is 494 g/mol. The molecular weight excluding hydrogens is 473 g/mol. The molecule has 8 heteroatoms. The lowest BCUT2D eigenvalue weighted by molar-refractivity contribution is 0.0717. The summed E-state index contributed by atoms with van der Waals surface area (Å²) in [5.41, 5.74) is 2.72. The Morgan fingerprint density at radius 3 is 2.32 bits per heavy atom. The van der Waals surface area contributed by atoms with Crippen molar-refractivity contribution in [2.45, 2.75) is 0 Å². The molecule has 0 radical (unpaired) electrons. The third-order valence-corrected chi connectivity index (χ3v) is 6.43. The van der Waals surface area contributed by atoms with Crippen LogP contribution in [0.2, 0.25) is 10.0 Å². The Hall–Kier alpha value is -3.48. The maximum atomic E-state index is 12.9. The highest BCUT2D eigenvalue weighted by Gasteiger charge is 2.24. The lowest BCUT2D eigenvalue weighted by Crippen LogP contribution is -2.48. The number of benzene rings is 3. The molecule has 0 atom stereocenters. The SMILES string of the molecule is O=C(Nc1ccc(N2CCN(C(=O)c3cc4ccccc4o3)CC2)cc1)c1cc(Cl)ccc1Cl. The molecule has 1 aliphatic rings. The lowest BCUT2D eigenvalue weighted by atomic mass is 10.2. The molecule has 0 saturated carbocycles. The van der Waals surface area contributed by atoms with Crippen molar-refractivity contribution in [1.29, 1.82) is 0 Å². The van der Waals surface area contributed by atoms with E-state index in [1.165, 1.54) is 0 Å². The van der Waals surface area contributed by atoms with Crippen molar-refractivity contribution >= 4 is 57.4 Å². The molecule has 172 valence electrons. The second-order valence-electron chi connectivity index (χ2n) is 8.05. The van der Waals surface area contributed by atoms with E-state index in [0.717, 1.165) is 11.1 Å². The van der Waals surface area contributed by atoms with Crippen LogP contribution >= 0.6 is 23.2 Å². The van der Waals surface area contributed by atoms with E-state index in [2.05, 4.69) is 10.2 Å². The molecule has 6 nitrogen and oxygen atoms in total. The highest BCUT2D eigenvalue weighted by atomic mass is 35.5. The standard InChI is InChI=1S/C26H21Cl2N3O3/c27-18-5-10-22(28)21(16-18)25(32)29-19-6-8-20(9-7-19)30-11-13-31(14-12-30)26(33)24-15-17-3-1-2-4-23(17)34-24/h1-10,15-16H,11-14H2,(H,29,32). The molecule has 34 heavy (non-hydrogen) atoms. The van der Waals surface area contributed by atoms with Crippen molar-refractivity contribution in [2.24, 2.45) is 0 Å². The summed E-state index contributed by atoms with van der Waals surface area (Å²) < 4.78 is 5.73. The molecule has 0 unspecified atom stereocenters. The van der Waals surface area contributed by atoms with Gasteiger partial charge in [-0.15, -0.1) is 0 Å². The van der Waals surface area contributed by atoms with Crippen LogP contribution in [0.15, 0.2) is 77.2 Å². The van der Waals surface area contributed by atoms with Gasteiger partial charge < -0.3 is 19.5 Å². The molecule has 5 rings (SSSR count). The molecule has 0 aliphatic carbocycles. The quantitative estimate of drug-likeness (QED) is 0.381. The molecule has 2 heterocycles. The summed E-state index contributed by atoms with van der Waals surface area (Å²) in [7, 11) is 0. The number of fused-ring (bicyclic) bond motifs is 1. The van der Waals surface area contributed by atoms with E-state index in [9.17, 15) is 9.59 Å². The van der Waals surface area contributed by atoms with Gasteiger partial charge in [0.05, 0.1) is 10.6 Å². The Morgan fingerprint density at radius 1 is 0.853 bits per heavy atom. The van der Waals surface area contributed by atoms with Crippen LogP contribution in [0, 0.1) is 0 Å². The van der Waals surface area contributed by atoms with E-state index >= 15 is 0 Å². The number of para-hydroxylation sites is 1. The topological polar surface area (TPSA) is 65.8 Å². The Balaban J connectivity index is 1.19. The van der Waals surface area contributed by atoms with Crippen LogP contribution in [-0.4, -0.2) is 42.9 Å². The summed E-state index contributed by atoms with van der Waals surface area (Å²) in [6, 6.07) is 21.8. The normalized spacial score (nSPS) is 13.8. The second kappa shape index (κ2) is 9.41. The number of hydrogen-bond acceptors (Lipinski definition) is 4. The van der Waals surface area contributed by atoms with Crippen LogP contribution in [0.4, 0.5) is 11.4 Å². The predicted octanol–water partition coefficient (Wildman–Crippen LogP) is 5.95. The zero-order chi connectivity index (χ0) is 23.7. The third kappa shape index (κ3) is 4.60. The number of nitrogens with zero attached hydrogens (tertiary/aromatic N) is 2. The van der Waals surface area contributed by atoms with E-state index in [0.29, 0.717) is 58.8 Å². The minimum Gasteiger partial charge on any atom is -0.451 e. The number of nitrogens with one attached hydrogen (secondary N) is 1. The molecular formula is C26H21Cl2N3O3. The minimum atomic E-state index is -0.321. The molecule has 1 aliphatic heterocycles. The van der Waals surface area contributed by atoms with Gasteiger partial charge in [-0.2, -0.15) is 0 Å².